The molecule has 0 unspecified atom stereocenters. The average molecular weight is 272 g/mol. The Morgan fingerprint density at radius 2 is 1.79 bits per heavy atom. The van der Waals surface area contributed by atoms with E-state index in [2.05, 4.69) is 4.98 Å². The highest BCUT2D eigenvalue weighted by Gasteiger charge is 2.06. The average Bonchev–Trinajstić information content (AvgIpc) is 2.41. The summed E-state index contributed by atoms with van der Waals surface area (Å²) in [6.45, 7) is 0. The predicted molar refractivity (Wildman–Crippen MR) is 76.0 cm³/mol. The predicted octanol–water partition coefficient (Wildman–Crippen LogP) is 4.62. The fraction of sp³-hybridized carbons (Fsp3) is 0.0625. The summed E-state index contributed by atoms with van der Waals surface area (Å²) in [5.74, 6) is -0.262. The molecule has 1 aromatic heterocycles. The minimum Gasteiger partial charge on any atom is -0.236 e. The second-order valence-electron chi connectivity index (χ2n) is 4.44. The number of pyridine rings is 1. The van der Waals surface area contributed by atoms with Crippen LogP contribution >= 0.6 is 11.6 Å². The minimum absolute atomic E-state index is 0.262. The summed E-state index contributed by atoms with van der Waals surface area (Å²) >= 11 is 6.19. The number of halogens is 2. The zero-order chi connectivity index (χ0) is 13.2. The van der Waals surface area contributed by atoms with Crippen LogP contribution in [-0.4, -0.2) is 4.98 Å². The van der Waals surface area contributed by atoms with Crippen molar-refractivity contribution in [2.24, 2.45) is 0 Å². The zero-order valence-electron chi connectivity index (χ0n) is 10.1. The van der Waals surface area contributed by atoms with Crippen molar-refractivity contribution in [2.75, 3.05) is 0 Å². The van der Waals surface area contributed by atoms with Crippen LogP contribution in [0.1, 0.15) is 11.1 Å². The van der Waals surface area contributed by atoms with E-state index in [0.717, 1.165) is 16.5 Å². The van der Waals surface area contributed by atoms with Gasteiger partial charge in [-0.05, 0) is 35.4 Å². The molecule has 1 heterocycles. The molecular weight excluding hydrogens is 261 g/mol. The van der Waals surface area contributed by atoms with Gasteiger partial charge in [0.2, 0.25) is 0 Å². The number of aromatic nitrogens is 1. The molecule has 0 aliphatic heterocycles. The van der Waals surface area contributed by atoms with Crippen LogP contribution in [0.15, 0.2) is 54.6 Å². The Balaban J connectivity index is 2.06. The molecule has 0 aliphatic carbocycles. The van der Waals surface area contributed by atoms with Crippen molar-refractivity contribution >= 4 is 22.5 Å². The largest absolute Gasteiger partial charge is 0.236 e. The highest BCUT2D eigenvalue weighted by molar-refractivity contribution is 6.30. The molecule has 0 atom stereocenters. The maximum Gasteiger partial charge on any atom is 0.133 e. The summed E-state index contributed by atoms with van der Waals surface area (Å²) < 4.78 is 13.2. The third-order valence-corrected chi connectivity index (χ3v) is 3.37. The maximum atomic E-state index is 13.2. The third-order valence-electron chi connectivity index (χ3n) is 3.04. The molecule has 19 heavy (non-hydrogen) atoms. The van der Waals surface area contributed by atoms with Crippen LogP contribution in [0.2, 0.25) is 5.15 Å². The van der Waals surface area contributed by atoms with Crippen molar-refractivity contribution in [1.29, 1.82) is 0 Å². The van der Waals surface area contributed by atoms with E-state index in [1.54, 1.807) is 6.07 Å². The highest BCUT2D eigenvalue weighted by Crippen LogP contribution is 2.23. The van der Waals surface area contributed by atoms with Crippen LogP contribution < -0.4 is 0 Å². The van der Waals surface area contributed by atoms with Crippen molar-refractivity contribution in [3.63, 3.8) is 0 Å². The molecule has 0 saturated heterocycles. The van der Waals surface area contributed by atoms with Crippen LogP contribution in [0.3, 0.4) is 0 Å². The SMILES string of the molecule is Fc1ccc2nc(Cl)c(Cc3ccccc3)cc2c1. The monoisotopic (exact) mass is 271 g/mol. The first-order valence-corrected chi connectivity index (χ1v) is 6.39. The fourth-order valence-electron chi connectivity index (χ4n) is 2.11. The number of hydrogen-bond acceptors (Lipinski definition) is 1. The van der Waals surface area contributed by atoms with E-state index in [-0.39, 0.29) is 5.82 Å². The first-order valence-electron chi connectivity index (χ1n) is 6.01. The number of rotatable bonds is 2. The van der Waals surface area contributed by atoms with E-state index in [9.17, 15) is 4.39 Å². The lowest BCUT2D eigenvalue weighted by Gasteiger charge is -2.06. The van der Waals surface area contributed by atoms with Gasteiger partial charge in [-0.3, -0.25) is 0 Å². The first kappa shape index (κ1) is 12.1. The van der Waals surface area contributed by atoms with Crippen molar-refractivity contribution in [2.45, 2.75) is 6.42 Å². The minimum atomic E-state index is -0.262. The van der Waals surface area contributed by atoms with Crippen LogP contribution in [0.5, 0.6) is 0 Å². The van der Waals surface area contributed by atoms with Gasteiger partial charge in [0.1, 0.15) is 11.0 Å². The summed E-state index contributed by atoms with van der Waals surface area (Å²) in [5.41, 5.74) is 2.77. The molecule has 3 aromatic rings. The number of nitrogens with zero attached hydrogens (tertiary/aromatic N) is 1. The van der Waals surface area contributed by atoms with Crippen molar-refractivity contribution in [1.82, 2.24) is 4.98 Å². The Morgan fingerprint density at radius 3 is 2.58 bits per heavy atom. The fourth-order valence-corrected chi connectivity index (χ4v) is 2.32. The van der Waals surface area contributed by atoms with Gasteiger partial charge in [0.05, 0.1) is 5.52 Å². The Hall–Kier alpha value is -1.93. The smallest absolute Gasteiger partial charge is 0.133 e. The van der Waals surface area contributed by atoms with Crippen LogP contribution in [-0.2, 0) is 6.42 Å². The Bertz CT molecular complexity index is 725. The molecule has 0 aliphatic rings. The molecular formula is C16H11ClFN. The number of hydrogen-bond donors (Lipinski definition) is 0. The highest BCUT2D eigenvalue weighted by atomic mass is 35.5. The second kappa shape index (κ2) is 4.98. The Morgan fingerprint density at radius 1 is 1.00 bits per heavy atom. The van der Waals surface area contributed by atoms with Gasteiger partial charge < -0.3 is 0 Å². The number of benzene rings is 2. The van der Waals surface area contributed by atoms with Gasteiger partial charge in [-0.25, -0.2) is 9.37 Å². The van der Waals surface area contributed by atoms with Gasteiger partial charge in [0.15, 0.2) is 0 Å². The van der Waals surface area contributed by atoms with E-state index in [0.29, 0.717) is 17.1 Å². The molecule has 0 radical (unpaired) electrons. The molecule has 94 valence electrons. The molecule has 2 aromatic carbocycles. The van der Waals surface area contributed by atoms with E-state index >= 15 is 0 Å². The second-order valence-corrected chi connectivity index (χ2v) is 4.80. The summed E-state index contributed by atoms with van der Waals surface area (Å²) in [5, 5.41) is 1.25. The molecule has 0 spiro atoms. The summed E-state index contributed by atoms with van der Waals surface area (Å²) in [4.78, 5) is 4.31. The quantitative estimate of drug-likeness (QED) is 0.620. The van der Waals surface area contributed by atoms with Gasteiger partial charge in [0, 0.05) is 11.8 Å². The third kappa shape index (κ3) is 2.59. The van der Waals surface area contributed by atoms with Crippen molar-refractivity contribution in [3.8, 4) is 0 Å². The van der Waals surface area contributed by atoms with E-state index in [1.807, 2.05) is 36.4 Å². The van der Waals surface area contributed by atoms with Gasteiger partial charge in [-0.1, -0.05) is 41.9 Å². The maximum absolute atomic E-state index is 13.2. The van der Waals surface area contributed by atoms with Gasteiger partial charge in [-0.15, -0.1) is 0 Å². The van der Waals surface area contributed by atoms with Crippen molar-refractivity contribution in [3.05, 3.63) is 76.7 Å². The molecule has 0 amide bonds. The standard InChI is InChI=1S/C16H11ClFN/c17-16-13(8-11-4-2-1-3-5-11)9-12-10-14(18)6-7-15(12)19-16/h1-7,9-10H,8H2. The zero-order valence-corrected chi connectivity index (χ0v) is 10.9. The molecule has 3 rings (SSSR count). The summed E-state index contributed by atoms with van der Waals surface area (Å²) in [6.07, 6.45) is 0.694. The molecule has 0 fully saturated rings. The normalized spacial score (nSPS) is 10.8. The topological polar surface area (TPSA) is 12.9 Å². The van der Waals surface area contributed by atoms with Gasteiger partial charge in [0.25, 0.3) is 0 Å². The molecule has 0 N–H and O–H groups in total. The van der Waals surface area contributed by atoms with Crippen LogP contribution in [0, 0.1) is 5.82 Å². The van der Waals surface area contributed by atoms with Crippen LogP contribution in [0.4, 0.5) is 4.39 Å². The summed E-state index contributed by atoms with van der Waals surface area (Å²) in [7, 11) is 0. The summed E-state index contributed by atoms with van der Waals surface area (Å²) in [6, 6.07) is 16.4. The van der Waals surface area contributed by atoms with Crippen LogP contribution in [0.25, 0.3) is 10.9 Å². The van der Waals surface area contributed by atoms with Gasteiger partial charge in [-0.2, -0.15) is 0 Å². The van der Waals surface area contributed by atoms with E-state index in [1.165, 1.54) is 12.1 Å². The van der Waals surface area contributed by atoms with E-state index in [4.69, 9.17) is 11.6 Å². The molecule has 0 saturated carbocycles. The lowest BCUT2D eigenvalue weighted by molar-refractivity contribution is 0.629. The first-order chi connectivity index (χ1) is 9.22. The van der Waals surface area contributed by atoms with Crippen molar-refractivity contribution < 1.29 is 4.39 Å². The molecule has 3 heteroatoms. The lowest BCUT2D eigenvalue weighted by Crippen LogP contribution is -1.93. The Labute approximate surface area is 115 Å². The lowest BCUT2D eigenvalue weighted by atomic mass is 10.0. The van der Waals surface area contributed by atoms with Gasteiger partial charge >= 0.3 is 0 Å². The molecule has 1 nitrogen and oxygen atoms in total. The molecule has 0 bridgehead atoms. The Kier molecular flexibility index (Phi) is 3.18. The van der Waals surface area contributed by atoms with E-state index < -0.39 is 0 Å². The number of fused-ring (bicyclic) bond motifs is 1.